The van der Waals surface area contributed by atoms with E-state index in [0.717, 1.165) is 23.0 Å². The van der Waals surface area contributed by atoms with Crippen molar-refractivity contribution >= 4 is 39.7 Å². The molecule has 1 fully saturated rings. The number of nitrogen functional groups attached to an aromatic ring is 1. The van der Waals surface area contributed by atoms with E-state index in [9.17, 15) is 4.79 Å². The third-order valence-corrected chi connectivity index (χ3v) is 6.19. The zero-order valence-electron chi connectivity index (χ0n) is 12.3. The molecule has 4 N–H and O–H groups in total. The molecule has 1 aliphatic rings. The van der Waals surface area contributed by atoms with Crippen LogP contribution in [0.15, 0.2) is 4.90 Å². The van der Waals surface area contributed by atoms with Gasteiger partial charge in [0.15, 0.2) is 0 Å². The van der Waals surface area contributed by atoms with Crippen LogP contribution in [0.4, 0.5) is 10.7 Å². The second kappa shape index (κ2) is 5.83. The van der Waals surface area contributed by atoms with Gasteiger partial charge in [-0.05, 0) is 27.2 Å². The molecule has 5 nitrogen and oxygen atoms in total. The number of amides is 1. The third-order valence-electron chi connectivity index (χ3n) is 3.96. The van der Waals surface area contributed by atoms with E-state index in [2.05, 4.69) is 30.7 Å². The largest absolute Gasteiger partial charge is 0.396 e. The first kappa shape index (κ1) is 15.5. The molecule has 2 unspecified atom stereocenters. The van der Waals surface area contributed by atoms with Crippen LogP contribution in [-0.4, -0.2) is 49.3 Å². The molecule has 1 amide bonds. The molecule has 1 aromatic heterocycles. The van der Waals surface area contributed by atoms with E-state index >= 15 is 0 Å². The molecule has 0 bridgehead atoms. The standard InChI is InChI=1S/C13H22N4OS2/c1-7-5-17(6-8(2)16(7)3)13-11(19-4)9(14)10(20-13)12(15)18/h7-8H,5-6,14H2,1-4H3,(H2,15,18). The van der Waals surface area contributed by atoms with Crippen molar-refractivity contribution in [2.75, 3.05) is 37.0 Å². The molecule has 0 aromatic carbocycles. The van der Waals surface area contributed by atoms with Crippen LogP contribution in [0.3, 0.4) is 0 Å². The highest BCUT2D eigenvalue weighted by molar-refractivity contribution is 7.99. The van der Waals surface area contributed by atoms with Crippen molar-refractivity contribution in [3.8, 4) is 0 Å². The molecule has 0 spiro atoms. The monoisotopic (exact) mass is 314 g/mol. The van der Waals surface area contributed by atoms with Gasteiger partial charge in [0.05, 0.1) is 10.6 Å². The van der Waals surface area contributed by atoms with Crippen LogP contribution in [-0.2, 0) is 0 Å². The summed E-state index contributed by atoms with van der Waals surface area (Å²) in [6.45, 7) is 6.31. The zero-order valence-corrected chi connectivity index (χ0v) is 14.0. The highest BCUT2D eigenvalue weighted by atomic mass is 32.2. The maximum atomic E-state index is 11.5. The fourth-order valence-corrected chi connectivity index (χ4v) is 4.63. The topological polar surface area (TPSA) is 75.6 Å². The first-order chi connectivity index (χ1) is 9.36. The fraction of sp³-hybridized carbons (Fsp3) is 0.615. The molecule has 2 heterocycles. The predicted octanol–water partition coefficient (Wildman–Crippen LogP) is 1.68. The van der Waals surface area contributed by atoms with Gasteiger partial charge >= 0.3 is 0 Å². The van der Waals surface area contributed by atoms with Gasteiger partial charge in [-0.2, -0.15) is 0 Å². The molecule has 2 atom stereocenters. The number of thiophene rings is 1. The number of carbonyl (C=O) groups is 1. The van der Waals surface area contributed by atoms with Gasteiger partial charge in [-0.15, -0.1) is 23.1 Å². The van der Waals surface area contributed by atoms with E-state index < -0.39 is 5.91 Å². The fourth-order valence-electron chi connectivity index (χ4n) is 2.58. The number of primary amides is 1. The number of rotatable bonds is 3. The summed E-state index contributed by atoms with van der Waals surface area (Å²) in [5.74, 6) is -0.440. The van der Waals surface area contributed by atoms with Gasteiger partial charge in [0.1, 0.15) is 9.88 Å². The van der Waals surface area contributed by atoms with Gasteiger partial charge in [0.2, 0.25) is 0 Å². The summed E-state index contributed by atoms with van der Waals surface area (Å²) in [4.78, 5) is 17.6. The van der Waals surface area contributed by atoms with Crippen LogP contribution in [0.1, 0.15) is 23.5 Å². The Labute approximate surface area is 128 Å². The van der Waals surface area contributed by atoms with Crippen LogP contribution >= 0.6 is 23.1 Å². The highest BCUT2D eigenvalue weighted by Crippen LogP contribution is 2.44. The number of nitrogens with zero attached hydrogens (tertiary/aromatic N) is 2. The maximum absolute atomic E-state index is 11.5. The minimum atomic E-state index is -0.440. The summed E-state index contributed by atoms with van der Waals surface area (Å²) in [6.07, 6.45) is 1.98. The summed E-state index contributed by atoms with van der Waals surface area (Å²) >= 11 is 3.00. The minimum absolute atomic E-state index is 0.440. The molecule has 2 rings (SSSR count). The molecule has 0 saturated carbocycles. The summed E-state index contributed by atoms with van der Waals surface area (Å²) in [6, 6.07) is 0.933. The predicted molar refractivity (Wildman–Crippen MR) is 87.9 cm³/mol. The van der Waals surface area contributed by atoms with Crippen molar-refractivity contribution in [2.45, 2.75) is 30.8 Å². The Morgan fingerprint density at radius 2 is 1.90 bits per heavy atom. The summed E-state index contributed by atoms with van der Waals surface area (Å²) in [5, 5.41) is 1.08. The van der Waals surface area contributed by atoms with E-state index in [1.807, 2.05) is 6.26 Å². The smallest absolute Gasteiger partial charge is 0.261 e. The average Bonchev–Trinajstić information content (AvgIpc) is 2.72. The lowest BCUT2D eigenvalue weighted by Crippen LogP contribution is -2.55. The Bertz CT molecular complexity index is 505. The number of anilines is 2. The van der Waals surface area contributed by atoms with Crippen molar-refractivity contribution in [1.82, 2.24) is 4.90 Å². The normalized spacial score (nSPS) is 24.1. The lowest BCUT2D eigenvalue weighted by Gasteiger charge is -2.43. The summed E-state index contributed by atoms with van der Waals surface area (Å²) in [7, 11) is 2.15. The van der Waals surface area contributed by atoms with Crippen LogP contribution < -0.4 is 16.4 Å². The minimum Gasteiger partial charge on any atom is -0.396 e. The van der Waals surface area contributed by atoms with Crippen molar-refractivity contribution in [1.29, 1.82) is 0 Å². The summed E-state index contributed by atoms with van der Waals surface area (Å²) in [5.41, 5.74) is 12.0. The molecule has 0 radical (unpaired) electrons. The van der Waals surface area contributed by atoms with Gasteiger partial charge in [-0.1, -0.05) is 0 Å². The Balaban J connectivity index is 2.37. The summed E-state index contributed by atoms with van der Waals surface area (Å²) < 4.78 is 0. The van der Waals surface area contributed by atoms with E-state index in [1.54, 1.807) is 11.8 Å². The number of thioether (sulfide) groups is 1. The van der Waals surface area contributed by atoms with Gasteiger partial charge in [0.25, 0.3) is 5.91 Å². The van der Waals surface area contributed by atoms with Crippen LogP contribution in [0.2, 0.25) is 0 Å². The maximum Gasteiger partial charge on any atom is 0.261 e. The van der Waals surface area contributed by atoms with Crippen molar-refractivity contribution in [2.24, 2.45) is 5.73 Å². The molecule has 7 heteroatoms. The van der Waals surface area contributed by atoms with E-state index in [1.165, 1.54) is 11.3 Å². The van der Waals surface area contributed by atoms with Gasteiger partial charge in [0, 0.05) is 25.2 Å². The number of hydrogen-bond acceptors (Lipinski definition) is 6. The lowest BCUT2D eigenvalue weighted by molar-refractivity contribution is 0.100. The number of piperazine rings is 1. The van der Waals surface area contributed by atoms with E-state index in [-0.39, 0.29) is 0 Å². The van der Waals surface area contributed by atoms with Crippen molar-refractivity contribution in [3.63, 3.8) is 0 Å². The lowest BCUT2D eigenvalue weighted by atomic mass is 10.1. The number of likely N-dealkylation sites (N-methyl/N-ethyl adjacent to an activating group) is 1. The second-order valence-corrected chi connectivity index (χ2v) is 7.13. The Morgan fingerprint density at radius 1 is 1.35 bits per heavy atom. The molecule has 112 valence electrons. The Morgan fingerprint density at radius 3 is 2.35 bits per heavy atom. The number of nitrogens with two attached hydrogens (primary N) is 2. The van der Waals surface area contributed by atoms with Gasteiger partial charge in [-0.3, -0.25) is 9.69 Å². The van der Waals surface area contributed by atoms with E-state index in [4.69, 9.17) is 11.5 Å². The average molecular weight is 314 g/mol. The highest BCUT2D eigenvalue weighted by Gasteiger charge is 2.30. The zero-order chi connectivity index (χ0) is 15.0. The third kappa shape index (κ3) is 2.62. The molecular formula is C13H22N4OS2. The van der Waals surface area contributed by atoms with Crippen molar-refractivity contribution in [3.05, 3.63) is 4.88 Å². The van der Waals surface area contributed by atoms with Gasteiger partial charge in [-0.25, -0.2) is 0 Å². The van der Waals surface area contributed by atoms with E-state index in [0.29, 0.717) is 22.6 Å². The molecular weight excluding hydrogens is 292 g/mol. The Hall–Kier alpha value is -0.920. The molecule has 1 aliphatic heterocycles. The molecule has 1 aromatic rings. The molecule has 20 heavy (non-hydrogen) atoms. The first-order valence-electron chi connectivity index (χ1n) is 6.59. The number of hydrogen-bond donors (Lipinski definition) is 2. The van der Waals surface area contributed by atoms with Crippen LogP contribution in [0.25, 0.3) is 0 Å². The van der Waals surface area contributed by atoms with Crippen LogP contribution in [0.5, 0.6) is 0 Å². The quantitative estimate of drug-likeness (QED) is 0.830. The SMILES string of the molecule is CSc1c(N2CC(C)N(C)C(C)C2)sc(C(N)=O)c1N. The number of carbonyl (C=O) groups excluding carboxylic acids is 1. The van der Waals surface area contributed by atoms with Crippen LogP contribution in [0, 0.1) is 0 Å². The first-order valence-corrected chi connectivity index (χ1v) is 8.63. The molecule has 1 saturated heterocycles. The van der Waals surface area contributed by atoms with Crippen molar-refractivity contribution < 1.29 is 4.79 Å². The second-order valence-electron chi connectivity index (χ2n) is 5.32. The Kier molecular flexibility index (Phi) is 4.51. The van der Waals surface area contributed by atoms with Gasteiger partial charge < -0.3 is 16.4 Å². The molecule has 0 aliphatic carbocycles.